The molecule has 0 saturated heterocycles. The molecule has 66 valence electrons. The number of pyridine rings is 1. The first-order valence-corrected chi connectivity index (χ1v) is 3.88. The molecule has 0 aromatic carbocycles. The number of aromatic nitrogens is 1. The second-order valence-electron chi connectivity index (χ2n) is 2.63. The van der Waals surface area contributed by atoms with Crippen LogP contribution in [0, 0.1) is 18.8 Å². The molecule has 0 unspecified atom stereocenters. The van der Waals surface area contributed by atoms with Gasteiger partial charge < -0.3 is 5.73 Å². The van der Waals surface area contributed by atoms with Crippen LogP contribution in [0.2, 0.25) is 0 Å². The maximum absolute atomic E-state index is 10.3. The first-order valence-electron chi connectivity index (χ1n) is 3.88. The Morgan fingerprint density at radius 2 is 2.38 bits per heavy atom. The van der Waals surface area contributed by atoms with E-state index in [-0.39, 0.29) is 6.42 Å². The van der Waals surface area contributed by atoms with Gasteiger partial charge in [-0.3, -0.25) is 9.78 Å². The summed E-state index contributed by atoms with van der Waals surface area (Å²) in [5.74, 6) is 5.04. The molecule has 0 spiro atoms. The quantitative estimate of drug-likeness (QED) is 0.634. The van der Waals surface area contributed by atoms with Gasteiger partial charge in [0.2, 0.25) is 5.91 Å². The smallest absolute Gasteiger partial charge is 0.229 e. The summed E-state index contributed by atoms with van der Waals surface area (Å²) in [6.07, 6.45) is 1.76. The fraction of sp³-hybridized carbons (Fsp3) is 0.200. The maximum atomic E-state index is 10.3. The molecular formula is C10H10N2O. The largest absolute Gasteiger partial charge is 0.369 e. The molecule has 1 heterocycles. The molecule has 1 aromatic rings. The molecule has 0 bridgehead atoms. The van der Waals surface area contributed by atoms with Crippen molar-refractivity contribution in [1.29, 1.82) is 0 Å². The van der Waals surface area contributed by atoms with Gasteiger partial charge in [-0.05, 0) is 19.1 Å². The Morgan fingerprint density at radius 1 is 1.62 bits per heavy atom. The average molecular weight is 174 g/mol. The predicted molar refractivity (Wildman–Crippen MR) is 49.7 cm³/mol. The lowest BCUT2D eigenvalue weighted by molar-refractivity contribution is -0.117. The molecule has 1 aromatic heterocycles. The minimum absolute atomic E-state index is 0.0911. The fourth-order valence-corrected chi connectivity index (χ4v) is 0.775. The molecular weight excluding hydrogens is 164 g/mol. The van der Waals surface area contributed by atoms with Crippen molar-refractivity contribution in [3.63, 3.8) is 0 Å². The van der Waals surface area contributed by atoms with Crippen molar-refractivity contribution >= 4 is 5.91 Å². The zero-order valence-corrected chi connectivity index (χ0v) is 7.37. The van der Waals surface area contributed by atoms with Gasteiger partial charge in [0.15, 0.2) is 0 Å². The van der Waals surface area contributed by atoms with Gasteiger partial charge in [-0.25, -0.2) is 0 Å². The summed E-state index contributed by atoms with van der Waals surface area (Å²) in [5.41, 5.74) is 6.67. The third-order valence-electron chi connectivity index (χ3n) is 1.41. The van der Waals surface area contributed by atoms with Crippen LogP contribution >= 0.6 is 0 Å². The molecule has 1 rings (SSSR count). The van der Waals surface area contributed by atoms with Gasteiger partial charge in [0.05, 0.1) is 6.42 Å². The lowest BCUT2D eigenvalue weighted by atomic mass is 10.2. The molecule has 0 saturated carbocycles. The van der Waals surface area contributed by atoms with Crippen LogP contribution in [0.5, 0.6) is 0 Å². The van der Waals surface area contributed by atoms with E-state index in [0.717, 1.165) is 11.3 Å². The Hall–Kier alpha value is -1.82. The normalized spacial score (nSPS) is 8.69. The standard InChI is InChI=1S/C10H10N2O/c1-8-5-6-9(7-12-8)3-2-4-10(11)13/h5-7H,4H2,1H3,(H2,11,13). The van der Waals surface area contributed by atoms with Crippen molar-refractivity contribution in [3.05, 3.63) is 29.6 Å². The second-order valence-corrected chi connectivity index (χ2v) is 2.63. The summed E-state index contributed by atoms with van der Waals surface area (Å²) >= 11 is 0. The molecule has 0 aliphatic heterocycles. The Balaban J connectivity index is 2.67. The first kappa shape index (κ1) is 9.27. The van der Waals surface area contributed by atoms with Crippen molar-refractivity contribution in [1.82, 2.24) is 4.98 Å². The molecule has 0 aliphatic carbocycles. The zero-order valence-electron chi connectivity index (χ0n) is 7.37. The number of aryl methyl sites for hydroxylation is 1. The average Bonchev–Trinajstić information content (AvgIpc) is 2.08. The van der Waals surface area contributed by atoms with E-state index in [1.54, 1.807) is 6.20 Å². The highest BCUT2D eigenvalue weighted by Crippen LogP contribution is 1.96. The predicted octanol–water partition coefficient (Wildman–Crippen LogP) is 0.617. The highest BCUT2D eigenvalue weighted by Gasteiger charge is 1.88. The van der Waals surface area contributed by atoms with Crippen LogP contribution in [0.1, 0.15) is 17.7 Å². The minimum atomic E-state index is -0.410. The van der Waals surface area contributed by atoms with Crippen LogP contribution in [0.4, 0.5) is 0 Å². The van der Waals surface area contributed by atoms with E-state index >= 15 is 0 Å². The van der Waals surface area contributed by atoms with E-state index in [4.69, 9.17) is 5.73 Å². The third-order valence-corrected chi connectivity index (χ3v) is 1.41. The Morgan fingerprint density at radius 3 is 2.92 bits per heavy atom. The highest BCUT2D eigenvalue weighted by molar-refractivity contribution is 5.76. The molecule has 0 aliphatic rings. The number of carbonyl (C=O) groups is 1. The van der Waals surface area contributed by atoms with Gasteiger partial charge in [0, 0.05) is 17.5 Å². The monoisotopic (exact) mass is 174 g/mol. The Bertz CT molecular complexity index is 357. The summed E-state index contributed by atoms with van der Waals surface area (Å²) in [4.78, 5) is 14.4. The van der Waals surface area contributed by atoms with Gasteiger partial charge in [-0.1, -0.05) is 11.8 Å². The van der Waals surface area contributed by atoms with Gasteiger partial charge in [-0.15, -0.1) is 0 Å². The molecule has 2 N–H and O–H groups in total. The van der Waals surface area contributed by atoms with Crippen molar-refractivity contribution in [2.75, 3.05) is 0 Å². The van der Waals surface area contributed by atoms with E-state index in [9.17, 15) is 4.79 Å². The number of amides is 1. The Kier molecular flexibility index (Phi) is 3.04. The molecule has 13 heavy (non-hydrogen) atoms. The van der Waals surface area contributed by atoms with Crippen LogP contribution in [0.3, 0.4) is 0 Å². The van der Waals surface area contributed by atoms with Crippen molar-refractivity contribution in [2.24, 2.45) is 5.73 Å². The summed E-state index contributed by atoms with van der Waals surface area (Å²) in [6, 6.07) is 3.73. The topological polar surface area (TPSA) is 56.0 Å². The summed E-state index contributed by atoms with van der Waals surface area (Å²) in [6.45, 7) is 1.90. The summed E-state index contributed by atoms with van der Waals surface area (Å²) in [5, 5.41) is 0. The lowest BCUT2D eigenvalue weighted by Crippen LogP contribution is -2.08. The van der Waals surface area contributed by atoms with Crippen LogP contribution in [-0.2, 0) is 4.79 Å². The van der Waals surface area contributed by atoms with E-state index in [2.05, 4.69) is 16.8 Å². The van der Waals surface area contributed by atoms with Gasteiger partial charge in [0.1, 0.15) is 0 Å². The van der Waals surface area contributed by atoms with Crippen LogP contribution in [-0.4, -0.2) is 10.9 Å². The highest BCUT2D eigenvalue weighted by atomic mass is 16.1. The van der Waals surface area contributed by atoms with Crippen LogP contribution in [0.15, 0.2) is 18.3 Å². The number of hydrogen-bond acceptors (Lipinski definition) is 2. The van der Waals surface area contributed by atoms with Gasteiger partial charge >= 0.3 is 0 Å². The molecule has 3 heteroatoms. The van der Waals surface area contributed by atoms with Gasteiger partial charge in [-0.2, -0.15) is 0 Å². The number of nitrogens with zero attached hydrogens (tertiary/aromatic N) is 1. The van der Waals surface area contributed by atoms with Crippen LogP contribution in [0.25, 0.3) is 0 Å². The molecule has 3 nitrogen and oxygen atoms in total. The van der Waals surface area contributed by atoms with Crippen molar-refractivity contribution in [3.8, 4) is 11.8 Å². The molecule has 0 radical (unpaired) electrons. The first-order chi connectivity index (χ1) is 6.18. The summed E-state index contributed by atoms with van der Waals surface area (Å²) < 4.78 is 0. The molecule has 1 amide bonds. The van der Waals surface area contributed by atoms with E-state index in [1.165, 1.54) is 0 Å². The van der Waals surface area contributed by atoms with Crippen LogP contribution < -0.4 is 5.73 Å². The fourth-order valence-electron chi connectivity index (χ4n) is 0.775. The third kappa shape index (κ3) is 3.39. The maximum Gasteiger partial charge on any atom is 0.229 e. The van der Waals surface area contributed by atoms with E-state index in [1.807, 2.05) is 19.1 Å². The van der Waals surface area contributed by atoms with Crippen molar-refractivity contribution in [2.45, 2.75) is 13.3 Å². The van der Waals surface area contributed by atoms with Crippen molar-refractivity contribution < 1.29 is 4.79 Å². The number of rotatable bonds is 1. The number of nitrogens with two attached hydrogens (primary N) is 1. The Labute approximate surface area is 77.0 Å². The molecule has 0 fully saturated rings. The minimum Gasteiger partial charge on any atom is -0.369 e. The lowest BCUT2D eigenvalue weighted by Gasteiger charge is -1.90. The SMILES string of the molecule is Cc1ccc(C#CCC(N)=O)cn1. The van der Waals surface area contributed by atoms with E-state index < -0.39 is 5.91 Å². The molecule has 0 atom stereocenters. The number of hydrogen-bond donors (Lipinski definition) is 1. The zero-order chi connectivity index (χ0) is 9.68. The number of primary amides is 1. The number of carbonyl (C=O) groups excluding carboxylic acids is 1. The van der Waals surface area contributed by atoms with E-state index in [0.29, 0.717) is 0 Å². The second kappa shape index (κ2) is 4.27. The van der Waals surface area contributed by atoms with Gasteiger partial charge in [0.25, 0.3) is 0 Å². The summed E-state index contributed by atoms with van der Waals surface area (Å²) in [7, 11) is 0.